The Morgan fingerprint density at radius 3 is 0.697 bits per heavy atom. The number of hydrogen-bond acceptors (Lipinski definition) is 15. The molecule has 0 saturated heterocycles. The van der Waals surface area contributed by atoms with Gasteiger partial charge in [0.2, 0.25) is 0 Å². The summed E-state index contributed by atoms with van der Waals surface area (Å²) in [6.07, 6.45) is 41.8. The zero-order chi connectivity index (χ0) is 66.1. The van der Waals surface area contributed by atoms with Crippen molar-refractivity contribution >= 4 is 39.5 Å². The molecule has 0 fully saturated rings. The fraction of sp³-hybridized carbons (Fsp3) is 0.943. The second-order valence-corrected chi connectivity index (χ2v) is 30.1. The molecule has 17 nitrogen and oxygen atoms in total. The molecule has 0 aliphatic rings. The molecule has 0 bridgehead atoms. The van der Waals surface area contributed by atoms with Crippen molar-refractivity contribution in [3.05, 3.63) is 0 Å². The fourth-order valence-corrected chi connectivity index (χ4v) is 12.1. The lowest BCUT2D eigenvalue weighted by Crippen LogP contribution is -2.30. The summed E-state index contributed by atoms with van der Waals surface area (Å²) in [5.41, 5.74) is 0. The number of ether oxygens (including phenoxy) is 4. The number of carbonyl (C=O) groups is 4. The molecule has 0 aromatic rings. The van der Waals surface area contributed by atoms with Crippen LogP contribution in [-0.2, 0) is 65.4 Å². The first-order chi connectivity index (χ1) is 42.6. The summed E-state index contributed by atoms with van der Waals surface area (Å²) in [4.78, 5) is 72.5. The van der Waals surface area contributed by atoms with E-state index >= 15 is 0 Å². The van der Waals surface area contributed by atoms with E-state index in [0.29, 0.717) is 31.6 Å². The zero-order valence-electron chi connectivity index (χ0n) is 58.1. The molecule has 19 heteroatoms. The molecule has 2 unspecified atom stereocenters. The molecule has 0 aromatic carbocycles. The maximum absolute atomic E-state index is 13.0. The Morgan fingerprint density at radius 2 is 0.472 bits per heavy atom. The number of carbonyl (C=O) groups excluding carboxylic acids is 4. The summed E-state index contributed by atoms with van der Waals surface area (Å²) in [6, 6.07) is 0. The van der Waals surface area contributed by atoms with Crippen LogP contribution in [0, 0.1) is 23.7 Å². The Labute approximate surface area is 543 Å². The Hall–Kier alpha value is -1.94. The molecule has 0 heterocycles. The summed E-state index contributed by atoms with van der Waals surface area (Å²) < 4.78 is 68.2. The van der Waals surface area contributed by atoms with Gasteiger partial charge in [0.25, 0.3) is 0 Å². The summed E-state index contributed by atoms with van der Waals surface area (Å²) >= 11 is 0. The number of aliphatic hydroxyl groups excluding tert-OH is 1. The van der Waals surface area contributed by atoms with E-state index in [2.05, 4.69) is 55.4 Å². The van der Waals surface area contributed by atoms with Gasteiger partial charge in [-0.25, -0.2) is 9.13 Å². The van der Waals surface area contributed by atoms with Crippen molar-refractivity contribution in [3.8, 4) is 0 Å². The fourth-order valence-electron chi connectivity index (χ4n) is 10.5. The number of phosphoric acid groups is 2. The summed E-state index contributed by atoms with van der Waals surface area (Å²) in [5.74, 6) is 0.815. The van der Waals surface area contributed by atoms with Crippen LogP contribution in [0.2, 0.25) is 0 Å². The Kier molecular flexibility index (Phi) is 58.5. The third kappa shape index (κ3) is 64.6. The second kappa shape index (κ2) is 59.8. The van der Waals surface area contributed by atoms with Gasteiger partial charge in [-0.1, -0.05) is 293 Å². The van der Waals surface area contributed by atoms with Gasteiger partial charge in [-0.3, -0.25) is 37.3 Å². The van der Waals surface area contributed by atoms with E-state index in [-0.39, 0.29) is 25.7 Å². The molecule has 5 atom stereocenters. The molecular formula is C70H136O17P2. The van der Waals surface area contributed by atoms with Crippen molar-refractivity contribution in [1.29, 1.82) is 0 Å². The van der Waals surface area contributed by atoms with Crippen molar-refractivity contribution < 1.29 is 80.2 Å². The van der Waals surface area contributed by atoms with Gasteiger partial charge in [0, 0.05) is 25.7 Å². The van der Waals surface area contributed by atoms with Crippen LogP contribution in [0.15, 0.2) is 0 Å². The molecule has 0 aliphatic heterocycles. The highest BCUT2D eigenvalue weighted by Gasteiger charge is 2.30. The minimum absolute atomic E-state index is 0.104. The highest BCUT2D eigenvalue weighted by molar-refractivity contribution is 7.47. The van der Waals surface area contributed by atoms with Gasteiger partial charge in [0.05, 0.1) is 26.4 Å². The first-order valence-corrected chi connectivity index (χ1v) is 39.2. The van der Waals surface area contributed by atoms with E-state index in [1.54, 1.807) is 0 Å². The van der Waals surface area contributed by atoms with Gasteiger partial charge < -0.3 is 33.8 Å². The minimum Gasteiger partial charge on any atom is -0.462 e. The SMILES string of the molecule is CC(C)CCCCCCCCCCCCCCCC(=O)O[C@H](COC(=O)CCCCCCCCCCCC(C)C)COP(=O)(O)OC[C@@H](O)COP(=O)(O)OC[C@@H](COC(=O)CCCCCCCCC(C)C)OC(=O)CCCCCCCCCCCC(C)C. The van der Waals surface area contributed by atoms with Crippen LogP contribution in [-0.4, -0.2) is 96.7 Å². The highest BCUT2D eigenvalue weighted by Crippen LogP contribution is 2.45. The molecule has 0 aliphatic carbocycles. The lowest BCUT2D eigenvalue weighted by atomic mass is 10.0. The smallest absolute Gasteiger partial charge is 0.462 e. The van der Waals surface area contributed by atoms with Crippen molar-refractivity contribution in [2.45, 2.75) is 363 Å². The third-order valence-corrected chi connectivity index (χ3v) is 18.0. The van der Waals surface area contributed by atoms with E-state index in [4.69, 9.17) is 37.0 Å². The number of phosphoric ester groups is 2. The van der Waals surface area contributed by atoms with Crippen molar-refractivity contribution in [1.82, 2.24) is 0 Å². The summed E-state index contributed by atoms with van der Waals surface area (Å²) in [5, 5.41) is 10.6. The van der Waals surface area contributed by atoms with Gasteiger partial charge in [-0.2, -0.15) is 0 Å². The van der Waals surface area contributed by atoms with E-state index < -0.39 is 97.5 Å². The van der Waals surface area contributed by atoms with Crippen molar-refractivity contribution in [2.75, 3.05) is 39.6 Å². The largest absolute Gasteiger partial charge is 0.472 e. The monoisotopic (exact) mass is 1310 g/mol. The Bertz CT molecular complexity index is 1760. The molecule has 0 amide bonds. The van der Waals surface area contributed by atoms with Gasteiger partial charge in [-0.15, -0.1) is 0 Å². The van der Waals surface area contributed by atoms with Gasteiger partial charge >= 0.3 is 39.5 Å². The number of rotatable bonds is 67. The third-order valence-electron chi connectivity index (χ3n) is 16.1. The van der Waals surface area contributed by atoms with Crippen LogP contribution in [0.4, 0.5) is 0 Å². The number of aliphatic hydroxyl groups is 1. The maximum Gasteiger partial charge on any atom is 0.472 e. The zero-order valence-corrected chi connectivity index (χ0v) is 59.8. The first kappa shape index (κ1) is 87.1. The summed E-state index contributed by atoms with van der Waals surface area (Å²) in [7, 11) is -9.90. The van der Waals surface area contributed by atoms with Crippen LogP contribution in [0.3, 0.4) is 0 Å². The topological polar surface area (TPSA) is 237 Å². The van der Waals surface area contributed by atoms with E-state index in [9.17, 15) is 43.2 Å². The predicted octanol–water partition coefficient (Wildman–Crippen LogP) is 19.7. The number of hydrogen-bond donors (Lipinski definition) is 3. The molecule has 0 spiro atoms. The molecule has 3 N–H and O–H groups in total. The Morgan fingerprint density at radius 1 is 0.281 bits per heavy atom. The predicted molar refractivity (Wildman–Crippen MR) is 358 cm³/mol. The molecule has 0 radical (unpaired) electrons. The quantitative estimate of drug-likeness (QED) is 0.0222. The second-order valence-electron chi connectivity index (χ2n) is 27.2. The average molecular weight is 1310 g/mol. The van der Waals surface area contributed by atoms with Crippen molar-refractivity contribution in [3.63, 3.8) is 0 Å². The van der Waals surface area contributed by atoms with Gasteiger partial charge in [0.1, 0.15) is 19.3 Å². The molecular weight excluding hydrogens is 1170 g/mol. The number of unbranched alkanes of at least 4 members (excludes halogenated alkanes) is 33. The molecule has 89 heavy (non-hydrogen) atoms. The normalized spacial score (nSPS) is 14.3. The van der Waals surface area contributed by atoms with Crippen LogP contribution in [0.1, 0.15) is 344 Å². The Balaban J connectivity index is 5.25. The van der Waals surface area contributed by atoms with Crippen molar-refractivity contribution in [2.24, 2.45) is 23.7 Å². The highest BCUT2D eigenvalue weighted by atomic mass is 31.2. The average Bonchev–Trinajstić information content (AvgIpc) is 3.64. The number of esters is 4. The van der Waals surface area contributed by atoms with E-state index in [1.807, 2.05) is 0 Å². The van der Waals surface area contributed by atoms with Crippen LogP contribution in [0.25, 0.3) is 0 Å². The van der Waals surface area contributed by atoms with E-state index in [0.717, 1.165) is 114 Å². The minimum atomic E-state index is -4.95. The van der Waals surface area contributed by atoms with Crippen LogP contribution in [0.5, 0.6) is 0 Å². The van der Waals surface area contributed by atoms with Gasteiger partial charge in [0.15, 0.2) is 12.2 Å². The lowest BCUT2D eigenvalue weighted by Gasteiger charge is -2.21. The van der Waals surface area contributed by atoms with Gasteiger partial charge in [-0.05, 0) is 49.4 Å². The molecule has 0 rings (SSSR count). The molecule has 528 valence electrons. The van der Waals surface area contributed by atoms with Crippen LogP contribution >= 0.6 is 15.6 Å². The maximum atomic E-state index is 13.0. The van der Waals surface area contributed by atoms with E-state index in [1.165, 1.54) is 141 Å². The standard InChI is InChI=1S/C70H136O17P2/c1-60(2)46-38-30-22-16-12-10-9-11-13-19-26-36-44-52-69(74)86-65(56-80-67(72)50-42-34-25-20-14-17-23-31-39-47-61(3)4)58-84-88(76,77)82-54-64(71)55-83-89(78,79)85-59-66(57-81-68(73)51-43-35-29-28-33-41-49-63(7)8)87-70(75)53-45-37-27-21-15-18-24-32-40-48-62(5)6/h60-66,71H,9-59H2,1-8H3,(H,76,77)(H,78,79)/t64-,65-,66-/m1/s1. The molecule has 0 aromatic heterocycles. The summed E-state index contributed by atoms with van der Waals surface area (Å²) in [6.45, 7) is 14.0. The first-order valence-electron chi connectivity index (χ1n) is 36.2. The lowest BCUT2D eigenvalue weighted by molar-refractivity contribution is -0.161. The molecule has 0 saturated carbocycles. The van der Waals surface area contributed by atoms with Crippen LogP contribution < -0.4 is 0 Å².